The Kier molecular flexibility index (Phi) is 5.22. The van der Waals surface area contributed by atoms with Crippen LogP contribution in [0.15, 0.2) is 29.8 Å². The van der Waals surface area contributed by atoms with Crippen molar-refractivity contribution in [1.29, 1.82) is 0 Å². The molecule has 3 rings (SSSR count). The van der Waals surface area contributed by atoms with Crippen molar-refractivity contribution in [3.05, 3.63) is 46.5 Å². The number of benzene rings is 2. The molecule has 0 spiro atoms. The van der Waals surface area contributed by atoms with E-state index in [1.165, 1.54) is 19.8 Å². The second-order valence-corrected chi connectivity index (χ2v) is 6.76. The Hall–Kier alpha value is -2.82. The summed E-state index contributed by atoms with van der Waals surface area (Å²) < 4.78 is 21.7. The maximum atomic E-state index is 10.3. The largest absolute Gasteiger partial charge is 0.502 e. The molecule has 27 heavy (non-hydrogen) atoms. The Morgan fingerprint density at radius 2 is 1.30 bits per heavy atom. The van der Waals surface area contributed by atoms with Gasteiger partial charge in [-0.3, -0.25) is 0 Å². The second kappa shape index (κ2) is 7.43. The molecule has 1 aliphatic carbocycles. The number of phenolic OH excluding ortho intramolecular Hbond substituents is 1. The molecule has 1 aliphatic rings. The fourth-order valence-corrected chi connectivity index (χ4v) is 3.78. The zero-order valence-corrected chi connectivity index (χ0v) is 16.6. The topological polar surface area (TPSA) is 57.2 Å². The minimum atomic E-state index is 0.00649. The van der Waals surface area contributed by atoms with Crippen molar-refractivity contribution < 1.29 is 24.1 Å². The van der Waals surface area contributed by atoms with E-state index in [1.807, 2.05) is 24.3 Å². The number of allylic oxidation sites excluding steroid dienone is 1. The lowest BCUT2D eigenvalue weighted by atomic mass is 9.72. The highest BCUT2D eigenvalue weighted by molar-refractivity contribution is 5.68. The molecule has 0 amide bonds. The summed E-state index contributed by atoms with van der Waals surface area (Å²) in [7, 11) is 6.35. The number of hydrogen-bond acceptors (Lipinski definition) is 5. The molecule has 1 N–H and O–H groups in total. The van der Waals surface area contributed by atoms with Crippen LogP contribution in [0.5, 0.6) is 28.7 Å². The Balaban J connectivity index is 2.24. The van der Waals surface area contributed by atoms with Gasteiger partial charge in [0.15, 0.2) is 23.0 Å². The molecule has 5 nitrogen and oxygen atoms in total. The molecule has 0 saturated heterocycles. The van der Waals surface area contributed by atoms with Crippen molar-refractivity contribution in [2.75, 3.05) is 28.4 Å². The summed E-state index contributed by atoms with van der Waals surface area (Å²) in [4.78, 5) is 0. The van der Waals surface area contributed by atoms with Gasteiger partial charge in [-0.05, 0) is 53.8 Å². The van der Waals surface area contributed by atoms with Gasteiger partial charge in [0.25, 0.3) is 0 Å². The van der Waals surface area contributed by atoms with Gasteiger partial charge in [0.1, 0.15) is 0 Å². The third kappa shape index (κ3) is 3.18. The van der Waals surface area contributed by atoms with E-state index in [9.17, 15) is 5.11 Å². The molecule has 0 radical (unpaired) electrons. The van der Waals surface area contributed by atoms with Crippen LogP contribution in [0.3, 0.4) is 0 Å². The number of phenols is 1. The van der Waals surface area contributed by atoms with Crippen LogP contribution in [-0.2, 0) is 0 Å². The summed E-state index contributed by atoms with van der Waals surface area (Å²) >= 11 is 0. The van der Waals surface area contributed by atoms with Crippen LogP contribution in [0.2, 0.25) is 0 Å². The number of hydrogen-bond donors (Lipinski definition) is 1. The zero-order chi connectivity index (χ0) is 19.7. The molecular formula is C22H26O5. The predicted octanol–water partition coefficient (Wildman–Crippen LogP) is 4.61. The Morgan fingerprint density at radius 3 is 1.81 bits per heavy atom. The standard InChI is InChI=1S/C22H26O5/c1-12-7-14-8-17(24-3)18(25-4)11-16(14)21(13(12)2)15-9-19(26-5)22(23)20(10-15)27-6/h7-11,13,21,23H,1-6H3/t13-,21+/m0/s1. The molecule has 0 bridgehead atoms. The number of fused-ring (bicyclic) bond motifs is 1. The van der Waals surface area contributed by atoms with Crippen molar-refractivity contribution in [1.82, 2.24) is 0 Å². The van der Waals surface area contributed by atoms with Crippen LogP contribution < -0.4 is 18.9 Å². The Labute approximate surface area is 160 Å². The summed E-state index contributed by atoms with van der Waals surface area (Å²) in [6, 6.07) is 7.78. The lowest BCUT2D eigenvalue weighted by Crippen LogP contribution is -2.18. The van der Waals surface area contributed by atoms with E-state index < -0.39 is 0 Å². The second-order valence-electron chi connectivity index (χ2n) is 6.76. The van der Waals surface area contributed by atoms with Crippen molar-refractivity contribution in [3.8, 4) is 28.7 Å². The molecule has 0 aliphatic heterocycles. The molecule has 5 heteroatoms. The van der Waals surface area contributed by atoms with E-state index in [1.54, 1.807) is 14.2 Å². The van der Waals surface area contributed by atoms with Gasteiger partial charge in [-0.15, -0.1) is 0 Å². The molecule has 0 unspecified atom stereocenters. The van der Waals surface area contributed by atoms with Crippen LogP contribution in [0.4, 0.5) is 0 Å². The summed E-state index contributed by atoms with van der Waals surface area (Å²) in [6.07, 6.45) is 2.19. The molecule has 0 saturated carbocycles. The van der Waals surface area contributed by atoms with Crippen molar-refractivity contribution >= 4 is 6.08 Å². The lowest BCUT2D eigenvalue weighted by Gasteiger charge is -2.32. The Bertz CT molecular complexity index is 860. The van der Waals surface area contributed by atoms with Gasteiger partial charge in [-0.2, -0.15) is 0 Å². The van der Waals surface area contributed by atoms with Crippen LogP contribution in [-0.4, -0.2) is 33.5 Å². The predicted molar refractivity (Wildman–Crippen MR) is 105 cm³/mol. The third-order valence-electron chi connectivity index (χ3n) is 5.39. The third-order valence-corrected chi connectivity index (χ3v) is 5.39. The van der Waals surface area contributed by atoms with E-state index in [0.717, 1.165) is 16.7 Å². The first-order valence-electron chi connectivity index (χ1n) is 8.84. The first kappa shape index (κ1) is 19.0. The Morgan fingerprint density at radius 1 is 0.778 bits per heavy atom. The minimum Gasteiger partial charge on any atom is -0.502 e. The average Bonchev–Trinajstić information content (AvgIpc) is 2.68. The molecule has 2 atom stereocenters. The molecule has 0 aromatic heterocycles. The normalized spacial score (nSPS) is 18.4. The average molecular weight is 370 g/mol. The van der Waals surface area contributed by atoms with Gasteiger partial charge in [-0.1, -0.05) is 18.6 Å². The van der Waals surface area contributed by atoms with Gasteiger partial charge in [0.2, 0.25) is 5.75 Å². The highest BCUT2D eigenvalue weighted by atomic mass is 16.5. The van der Waals surface area contributed by atoms with Crippen LogP contribution in [0.25, 0.3) is 6.08 Å². The van der Waals surface area contributed by atoms with Gasteiger partial charge in [0.05, 0.1) is 28.4 Å². The molecule has 144 valence electrons. The minimum absolute atomic E-state index is 0.00649. The van der Waals surface area contributed by atoms with E-state index in [0.29, 0.717) is 23.0 Å². The molecule has 2 aromatic carbocycles. The SMILES string of the molecule is COc1cc2c(cc1OC)[C@@H](c1cc(OC)c(O)c(OC)c1)[C@@H](C)C(C)=C2. The molecule has 0 fully saturated rings. The van der Waals surface area contributed by atoms with Gasteiger partial charge >= 0.3 is 0 Å². The van der Waals surface area contributed by atoms with Gasteiger partial charge in [0, 0.05) is 5.92 Å². The maximum Gasteiger partial charge on any atom is 0.200 e. The van der Waals surface area contributed by atoms with Crippen molar-refractivity contribution in [2.45, 2.75) is 19.8 Å². The van der Waals surface area contributed by atoms with Crippen LogP contribution >= 0.6 is 0 Å². The molecule has 2 aromatic rings. The summed E-state index contributed by atoms with van der Waals surface area (Å²) in [5.41, 5.74) is 4.51. The van der Waals surface area contributed by atoms with Crippen LogP contribution in [0, 0.1) is 5.92 Å². The monoisotopic (exact) mass is 370 g/mol. The molecular weight excluding hydrogens is 344 g/mol. The summed E-state index contributed by atoms with van der Waals surface area (Å²) in [6.45, 7) is 4.33. The number of aromatic hydroxyl groups is 1. The number of methoxy groups -OCH3 is 4. The number of rotatable bonds is 5. The fourth-order valence-electron chi connectivity index (χ4n) is 3.78. The summed E-state index contributed by atoms with van der Waals surface area (Å²) in [5, 5.41) is 10.3. The zero-order valence-electron chi connectivity index (χ0n) is 16.6. The highest BCUT2D eigenvalue weighted by Gasteiger charge is 2.31. The van der Waals surface area contributed by atoms with Gasteiger partial charge in [-0.25, -0.2) is 0 Å². The maximum absolute atomic E-state index is 10.3. The van der Waals surface area contributed by atoms with E-state index >= 15 is 0 Å². The van der Waals surface area contributed by atoms with E-state index in [4.69, 9.17) is 18.9 Å². The number of ether oxygens (including phenoxy) is 4. The van der Waals surface area contributed by atoms with E-state index in [-0.39, 0.29) is 17.6 Å². The first-order chi connectivity index (χ1) is 12.9. The lowest BCUT2D eigenvalue weighted by molar-refractivity contribution is 0.338. The van der Waals surface area contributed by atoms with Gasteiger partial charge < -0.3 is 24.1 Å². The quantitative estimate of drug-likeness (QED) is 0.833. The first-order valence-corrected chi connectivity index (χ1v) is 8.84. The van der Waals surface area contributed by atoms with Crippen LogP contribution in [0.1, 0.15) is 36.5 Å². The van der Waals surface area contributed by atoms with Crippen molar-refractivity contribution in [2.24, 2.45) is 5.92 Å². The summed E-state index contributed by atoms with van der Waals surface area (Å²) in [5.74, 6) is 2.51. The van der Waals surface area contributed by atoms with E-state index in [2.05, 4.69) is 19.9 Å². The smallest absolute Gasteiger partial charge is 0.200 e. The van der Waals surface area contributed by atoms with Crippen molar-refractivity contribution in [3.63, 3.8) is 0 Å². The highest BCUT2D eigenvalue weighted by Crippen LogP contribution is 2.48. The molecule has 0 heterocycles. The fraction of sp³-hybridized carbons (Fsp3) is 0.364.